The first-order valence-corrected chi connectivity index (χ1v) is 10.5. The number of nitrogens with zero attached hydrogens (tertiary/aromatic N) is 1. The minimum atomic E-state index is -4.37. The van der Waals surface area contributed by atoms with E-state index in [4.69, 9.17) is 4.74 Å². The Morgan fingerprint density at radius 2 is 1.61 bits per heavy atom. The van der Waals surface area contributed by atoms with Crippen LogP contribution in [0.25, 0.3) is 6.08 Å². The predicted octanol–water partition coefficient (Wildman–Crippen LogP) is 6.05. The van der Waals surface area contributed by atoms with Gasteiger partial charge in [0, 0.05) is 12.6 Å². The molecule has 1 saturated carbocycles. The Bertz CT molecular complexity index is 878. The average molecular weight is 431 g/mol. The van der Waals surface area contributed by atoms with E-state index in [2.05, 4.69) is 43.3 Å². The zero-order valence-corrected chi connectivity index (χ0v) is 17.9. The molecule has 1 fully saturated rings. The van der Waals surface area contributed by atoms with Gasteiger partial charge >= 0.3 is 12.1 Å². The van der Waals surface area contributed by atoms with Crippen molar-refractivity contribution in [3.05, 3.63) is 76.9 Å². The van der Waals surface area contributed by atoms with E-state index in [-0.39, 0.29) is 6.10 Å². The smallest absolute Gasteiger partial charge is 0.416 e. The van der Waals surface area contributed by atoms with E-state index in [9.17, 15) is 18.0 Å². The maximum atomic E-state index is 12.6. The molecule has 0 aromatic heterocycles. The molecule has 2 aromatic carbocycles. The summed E-state index contributed by atoms with van der Waals surface area (Å²) in [6, 6.07) is 13.4. The Labute approximate surface area is 181 Å². The zero-order chi connectivity index (χ0) is 22.4. The molecule has 0 heterocycles. The number of halogens is 3. The van der Waals surface area contributed by atoms with Gasteiger partial charge in [-0.05, 0) is 80.6 Å². The van der Waals surface area contributed by atoms with Crippen LogP contribution in [-0.2, 0) is 22.3 Å². The number of alkyl halides is 3. The standard InChI is InChI=1S/C25H28F3NO2/c1-29(2)17-19-3-8-20(9-4-19)21-10-14-23(15-11-21)31-24(30)16-7-18-5-12-22(13-6-18)25(26,27)28/h3-9,12-13,16,21,23H,10-11,14-15,17H2,1-2H3/t21-,23-. The van der Waals surface area contributed by atoms with E-state index >= 15 is 0 Å². The lowest BCUT2D eigenvalue weighted by atomic mass is 9.82. The van der Waals surface area contributed by atoms with Crippen molar-refractivity contribution in [1.29, 1.82) is 0 Å². The van der Waals surface area contributed by atoms with Gasteiger partial charge in [0.2, 0.25) is 0 Å². The van der Waals surface area contributed by atoms with E-state index in [1.54, 1.807) is 0 Å². The molecule has 0 amide bonds. The van der Waals surface area contributed by atoms with Gasteiger partial charge < -0.3 is 9.64 Å². The van der Waals surface area contributed by atoms with Gasteiger partial charge in [0.1, 0.15) is 6.10 Å². The summed E-state index contributed by atoms with van der Waals surface area (Å²) < 4.78 is 43.3. The van der Waals surface area contributed by atoms with Gasteiger partial charge in [0.05, 0.1) is 5.56 Å². The SMILES string of the molecule is CN(C)Cc1ccc([C@H]2CC[C@H](OC(=O)C=Cc3ccc(C(F)(F)F)cc3)CC2)cc1. The van der Waals surface area contributed by atoms with Crippen LogP contribution < -0.4 is 0 Å². The number of hydrogen-bond donors (Lipinski definition) is 0. The largest absolute Gasteiger partial charge is 0.459 e. The Hall–Kier alpha value is -2.60. The van der Waals surface area contributed by atoms with Crippen molar-refractivity contribution in [2.45, 2.75) is 50.4 Å². The molecule has 2 aromatic rings. The Morgan fingerprint density at radius 1 is 1.00 bits per heavy atom. The first kappa shape index (κ1) is 23.1. The van der Waals surface area contributed by atoms with E-state index in [0.29, 0.717) is 11.5 Å². The van der Waals surface area contributed by atoms with Crippen molar-refractivity contribution in [3.8, 4) is 0 Å². The summed E-state index contributed by atoms with van der Waals surface area (Å²) in [6.45, 7) is 0.920. The summed E-state index contributed by atoms with van der Waals surface area (Å²) >= 11 is 0. The molecule has 6 heteroatoms. The molecule has 166 valence electrons. The molecule has 0 saturated heterocycles. The summed E-state index contributed by atoms with van der Waals surface area (Å²) in [7, 11) is 4.10. The molecule has 0 unspecified atom stereocenters. The highest BCUT2D eigenvalue weighted by atomic mass is 19.4. The molecule has 3 rings (SSSR count). The third-order valence-corrected chi connectivity index (χ3v) is 5.56. The summed E-state index contributed by atoms with van der Waals surface area (Å²) in [5, 5.41) is 0. The summed E-state index contributed by atoms with van der Waals surface area (Å²) in [4.78, 5) is 14.2. The van der Waals surface area contributed by atoms with Gasteiger partial charge in [-0.1, -0.05) is 36.4 Å². The van der Waals surface area contributed by atoms with Crippen molar-refractivity contribution >= 4 is 12.0 Å². The lowest BCUT2D eigenvalue weighted by Gasteiger charge is -2.28. The van der Waals surface area contributed by atoms with Crippen molar-refractivity contribution in [1.82, 2.24) is 4.90 Å². The van der Waals surface area contributed by atoms with Crippen LogP contribution in [0.1, 0.15) is 53.9 Å². The molecule has 0 spiro atoms. The van der Waals surface area contributed by atoms with E-state index in [0.717, 1.165) is 44.4 Å². The first-order valence-electron chi connectivity index (χ1n) is 10.5. The summed E-state index contributed by atoms with van der Waals surface area (Å²) in [6.07, 6.45) is 1.82. The topological polar surface area (TPSA) is 29.5 Å². The monoisotopic (exact) mass is 431 g/mol. The highest BCUT2D eigenvalue weighted by Crippen LogP contribution is 2.34. The van der Waals surface area contributed by atoms with Gasteiger partial charge in [0.25, 0.3) is 0 Å². The molecule has 31 heavy (non-hydrogen) atoms. The third-order valence-electron chi connectivity index (χ3n) is 5.56. The van der Waals surface area contributed by atoms with Crippen LogP contribution in [0.3, 0.4) is 0 Å². The van der Waals surface area contributed by atoms with Gasteiger partial charge in [-0.3, -0.25) is 0 Å². The summed E-state index contributed by atoms with van der Waals surface area (Å²) in [5.74, 6) is 0.0161. The number of hydrogen-bond acceptors (Lipinski definition) is 3. The molecule has 1 aliphatic carbocycles. The van der Waals surface area contributed by atoms with E-state index in [1.807, 2.05) is 0 Å². The number of ether oxygens (including phenoxy) is 1. The molecule has 0 atom stereocenters. The van der Waals surface area contributed by atoms with Gasteiger partial charge in [-0.15, -0.1) is 0 Å². The fourth-order valence-electron chi connectivity index (χ4n) is 3.93. The molecule has 3 nitrogen and oxygen atoms in total. The van der Waals surface area contributed by atoms with Crippen molar-refractivity contribution in [2.24, 2.45) is 0 Å². The van der Waals surface area contributed by atoms with Gasteiger partial charge in [-0.25, -0.2) is 4.79 Å². The van der Waals surface area contributed by atoms with Crippen LogP contribution in [0.4, 0.5) is 13.2 Å². The van der Waals surface area contributed by atoms with Crippen LogP contribution in [0.15, 0.2) is 54.6 Å². The highest BCUT2D eigenvalue weighted by Gasteiger charge is 2.29. The first-order chi connectivity index (χ1) is 14.7. The lowest BCUT2D eigenvalue weighted by Crippen LogP contribution is -2.23. The molecule has 0 radical (unpaired) electrons. The second kappa shape index (κ2) is 10.1. The average Bonchev–Trinajstić information content (AvgIpc) is 2.73. The molecular weight excluding hydrogens is 403 g/mol. The normalized spacial score (nSPS) is 19.7. The van der Waals surface area contributed by atoms with Crippen LogP contribution in [-0.4, -0.2) is 31.1 Å². The number of carbonyl (C=O) groups is 1. The number of esters is 1. The van der Waals surface area contributed by atoms with E-state index < -0.39 is 17.7 Å². The molecular formula is C25H28F3NO2. The number of rotatable bonds is 6. The zero-order valence-electron chi connectivity index (χ0n) is 17.9. The minimum absolute atomic E-state index is 0.117. The van der Waals surface area contributed by atoms with E-state index in [1.165, 1.54) is 35.4 Å². The molecule has 1 aliphatic rings. The van der Waals surface area contributed by atoms with Crippen molar-refractivity contribution < 1.29 is 22.7 Å². The highest BCUT2D eigenvalue weighted by molar-refractivity contribution is 5.87. The van der Waals surface area contributed by atoms with Crippen LogP contribution in [0.5, 0.6) is 0 Å². The Balaban J connectivity index is 1.46. The third kappa shape index (κ3) is 6.96. The van der Waals surface area contributed by atoms with Crippen molar-refractivity contribution in [3.63, 3.8) is 0 Å². The summed E-state index contributed by atoms with van der Waals surface area (Å²) in [5.41, 5.74) is 2.42. The molecule has 0 N–H and O–H groups in total. The fraction of sp³-hybridized carbons (Fsp3) is 0.400. The quantitative estimate of drug-likeness (QED) is 0.412. The number of carbonyl (C=O) groups excluding carboxylic acids is 1. The van der Waals surface area contributed by atoms with Crippen LogP contribution >= 0.6 is 0 Å². The number of benzene rings is 2. The predicted molar refractivity (Wildman–Crippen MR) is 115 cm³/mol. The lowest BCUT2D eigenvalue weighted by molar-refractivity contribution is -0.144. The maximum absolute atomic E-state index is 12.6. The molecule has 0 aliphatic heterocycles. The Kier molecular flexibility index (Phi) is 7.55. The van der Waals surface area contributed by atoms with Crippen LogP contribution in [0.2, 0.25) is 0 Å². The minimum Gasteiger partial charge on any atom is -0.459 e. The Morgan fingerprint density at radius 3 is 2.16 bits per heavy atom. The van der Waals surface area contributed by atoms with Gasteiger partial charge in [0.15, 0.2) is 0 Å². The maximum Gasteiger partial charge on any atom is 0.416 e. The van der Waals surface area contributed by atoms with Crippen molar-refractivity contribution in [2.75, 3.05) is 14.1 Å². The molecule has 0 bridgehead atoms. The fourth-order valence-corrected chi connectivity index (χ4v) is 3.93. The van der Waals surface area contributed by atoms with Gasteiger partial charge in [-0.2, -0.15) is 13.2 Å². The van der Waals surface area contributed by atoms with Crippen LogP contribution in [0, 0.1) is 0 Å². The second-order valence-corrected chi connectivity index (χ2v) is 8.34. The second-order valence-electron chi connectivity index (χ2n) is 8.34.